The number of rotatable bonds is 4. The first-order chi connectivity index (χ1) is 14.6. The highest BCUT2D eigenvalue weighted by Gasteiger charge is 2.25. The van der Waals surface area contributed by atoms with Gasteiger partial charge >= 0.3 is 0 Å². The van der Waals surface area contributed by atoms with Crippen LogP contribution >= 0.6 is 0 Å². The second-order valence-corrected chi connectivity index (χ2v) is 7.60. The Morgan fingerprint density at radius 1 is 1.03 bits per heavy atom. The quantitative estimate of drug-likeness (QED) is 0.507. The first-order valence-electron chi connectivity index (χ1n) is 9.98. The maximum absolute atomic E-state index is 5.48. The number of benzene rings is 2. The predicted molar refractivity (Wildman–Crippen MR) is 121 cm³/mol. The average Bonchev–Trinajstić information content (AvgIpc) is 3.21. The molecule has 0 radical (unpaired) electrons. The van der Waals surface area contributed by atoms with Gasteiger partial charge in [0, 0.05) is 55.4 Å². The Hall–Kier alpha value is -3.67. The molecule has 0 amide bonds. The van der Waals surface area contributed by atoms with E-state index in [0.29, 0.717) is 5.82 Å². The molecule has 1 aliphatic rings. The van der Waals surface area contributed by atoms with Gasteiger partial charge in [-0.2, -0.15) is 0 Å². The largest absolute Gasteiger partial charge is 0.497 e. The van der Waals surface area contributed by atoms with Crippen molar-refractivity contribution in [2.45, 2.75) is 6.42 Å². The molecule has 4 aromatic rings. The number of nitrogens with zero attached hydrogens (tertiary/aromatic N) is 5. The van der Waals surface area contributed by atoms with Gasteiger partial charge in [-0.1, -0.05) is 0 Å². The van der Waals surface area contributed by atoms with Crippen molar-refractivity contribution in [1.29, 1.82) is 0 Å². The van der Waals surface area contributed by atoms with E-state index in [4.69, 9.17) is 14.7 Å². The highest BCUT2D eigenvalue weighted by Crippen LogP contribution is 2.39. The molecule has 0 bridgehead atoms. The van der Waals surface area contributed by atoms with Crippen LogP contribution in [0.3, 0.4) is 0 Å². The van der Waals surface area contributed by atoms with Gasteiger partial charge in [0.1, 0.15) is 11.6 Å². The summed E-state index contributed by atoms with van der Waals surface area (Å²) >= 11 is 0. The van der Waals surface area contributed by atoms with Crippen molar-refractivity contribution in [2.75, 3.05) is 37.5 Å². The molecule has 3 heterocycles. The Balaban J connectivity index is 1.70. The van der Waals surface area contributed by atoms with Gasteiger partial charge in [-0.25, -0.2) is 9.97 Å². The van der Waals surface area contributed by atoms with E-state index < -0.39 is 0 Å². The van der Waals surface area contributed by atoms with Crippen LogP contribution in [-0.2, 0) is 6.42 Å². The third-order valence-electron chi connectivity index (χ3n) is 5.53. The molecule has 0 spiro atoms. The summed E-state index contributed by atoms with van der Waals surface area (Å²) in [6.07, 6.45) is 4.54. The van der Waals surface area contributed by atoms with Crippen molar-refractivity contribution in [3.05, 3.63) is 66.5 Å². The van der Waals surface area contributed by atoms with Crippen LogP contribution in [0.2, 0.25) is 0 Å². The fraction of sp³-hybridized carbons (Fsp3) is 0.208. The van der Waals surface area contributed by atoms with E-state index in [1.54, 1.807) is 19.5 Å². The summed E-state index contributed by atoms with van der Waals surface area (Å²) in [5.41, 5.74) is 5.53. The summed E-state index contributed by atoms with van der Waals surface area (Å²) in [6, 6.07) is 16.5. The molecule has 0 saturated carbocycles. The molecule has 30 heavy (non-hydrogen) atoms. The number of anilines is 3. The van der Waals surface area contributed by atoms with Crippen LogP contribution in [-0.4, -0.2) is 42.7 Å². The smallest absolute Gasteiger partial charge is 0.163 e. The summed E-state index contributed by atoms with van der Waals surface area (Å²) in [6.45, 7) is 0.877. The van der Waals surface area contributed by atoms with Crippen LogP contribution in [0, 0.1) is 0 Å². The number of fused-ring (bicyclic) bond motifs is 2. The molecule has 0 saturated heterocycles. The number of hydrogen-bond acceptors (Lipinski definition) is 6. The Morgan fingerprint density at radius 2 is 1.93 bits per heavy atom. The van der Waals surface area contributed by atoms with Crippen molar-refractivity contribution in [3.8, 4) is 17.1 Å². The van der Waals surface area contributed by atoms with E-state index in [2.05, 4.69) is 47.1 Å². The highest BCUT2D eigenvalue weighted by molar-refractivity contribution is 5.95. The third-order valence-corrected chi connectivity index (χ3v) is 5.53. The van der Waals surface area contributed by atoms with Crippen LogP contribution < -0.4 is 14.5 Å². The zero-order chi connectivity index (χ0) is 20.7. The number of ether oxygens (including phenoxy) is 1. The number of methoxy groups -OCH3 is 1. The number of hydrogen-bond donors (Lipinski definition) is 0. The minimum absolute atomic E-state index is 0.675. The van der Waals surface area contributed by atoms with Gasteiger partial charge in [0.15, 0.2) is 5.82 Å². The van der Waals surface area contributed by atoms with Gasteiger partial charge < -0.3 is 14.5 Å². The minimum Gasteiger partial charge on any atom is -0.497 e. The van der Waals surface area contributed by atoms with Crippen LogP contribution in [0.4, 0.5) is 17.2 Å². The van der Waals surface area contributed by atoms with Gasteiger partial charge in [-0.05, 0) is 60.5 Å². The van der Waals surface area contributed by atoms with Crippen LogP contribution in [0.25, 0.3) is 22.3 Å². The lowest BCUT2D eigenvalue weighted by molar-refractivity contribution is 0.415. The third kappa shape index (κ3) is 3.10. The molecule has 0 aliphatic carbocycles. The Morgan fingerprint density at radius 3 is 2.70 bits per heavy atom. The summed E-state index contributed by atoms with van der Waals surface area (Å²) < 4.78 is 5.48. The molecule has 0 N–H and O–H groups in total. The minimum atomic E-state index is 0.675. The van der Waals surface area contributed by atoms with Gasteiger partial charge in [-0.3, -0.25) is 4.98 Å². The molecule has 6 nitrogen and oxygen atoms in total. The SMILES string of the molecule is COc1ccc2nc(-c3cccnc3)nc(N3CCc4cc(N(C)C)ccc43)c2c1. The van der Waals surface area contributed by atoms with E-state index in [1.807, 2.05) is 30.3 Å². The van der Waals surface area contributed by atoms with Gasteiger partial charge in [0.25, 0.3) is 0 Å². The Bertz CT molecular complexity index is 1220. The second-order valence-electron chi connectivity index (χ2n) is 7.60. The maximum Gasteiger partial charge on any atom is 0.163 e. The lowest BCUT2D eigenvalue weighted by Crippen LogP contribution is -2.16. The van der Waals surface area contributed by atoms with Crippen LogP contribution in [0.1, 0.15) is 5.56 Å². The monoisotopic (exact) mass is 397 g/mol. The van der Waals surface area contributed by atoms with Crippen LogP contribution in [0.15, 0.2) is 60.9 Å². The Labute approximate surface area is 175 Å². The lowest BCUT2D eigenvalue weighted by Gasteiger charge is -2.22. The van der Waals surface area contributed by atoms with Gasteiger partial charge in [-0.15, -0.1) is 0 Å². The zero-order valence-electron chi connectivity index (χ0n) is 17.3. The molecule has 0 unspecified atom stereocenters. The van der Waals surface area contributed by atoms with E-state index in [0.717, 1.165) is 41.0 Å². The predicted octanol–water partition coefficient (Wildman–Crippen LogP) is 4.46. The van der Waals surface area contributed by atoms with Gasteiger partial charge in [0.05, 0.1) is 12.6 Å². The van der Waals surface area contributed by atoms with Crippen molar-refractivity contribution < 1.29 is 4.74 Å². The molecular formula is C24H23N5O. The molecule has 1 aliphatic heterocycles. The van der Waals surface area contributed by atoms with Crippen molar-refractivity contribution in [2.24, 2.45) is 0 Å². The standard InChI is InChI=1S/C24H23N5O/c1-28(2)18-6-9-22-16(13-18)10-12-29(22)24-20-14-19(30-3)7-8-21(20)26-23(27-24)17-5-4-11-25-15-17/h4-9,11,13-15H,10,12H2,1-3H3. The fourth-order valence-corrected chi connectivity index (χ4v) is 3.93. The maximum atomic E-state index is 5.48. The molecular weight excluding hydrogens is 374 g/mol. The molecule has 5 rings (SSSR count). The summed E-state index contributed by atoms with van der Waals surface area (Å²) in [5.74, 6) is 2.37. The molecule has 2 aromatic heterocycles. The highest BCUT2D eigenvalue weighted by atomic mass is 16.5. The summed E-state index contributed by atoms with van der Waals surface area (Å²) in [7, 11) is 5.82. The van der Waals surface area contributed by atoms with Crippen molar-refractivity contribution in [1.82, 2.24) is 15.0 Å². The van der Waals surface area contributed by atoms with Crippen LogP contribution in [0.5, 0.6) is 5.75 Å². The summed E-state index contributed by atoms with van der Waals surface area (Å²) in [5, 5.41) is 0.978. The van der Waals surface area contributed by atoms with E-state index in [1.165, 1.54) is 16.9 Å². The second kappa shape index (κ2) is 7.30. The topological polar surface area (TPSA) is 54.4 Å². The first-order valence-corrected chi connectivity index (χ1v) is 9.98. The normalized spacial score (nSPS) is 12.8. The molecule has 0 fully saturated rings. The molecule has 6 heteroatoms. The summed E-state index contributed by atoms with van der Waals surface area (Å²) in [4.78, 5) is 18.5. The van der Waals surface area contributed by atoms with E-state index in [-0.39, 0.29) is 0 Å². The Kier molecular flexibility index (Phi) is 4.47. The fourth-order valence-electron chi connectivity index (χ4n) is 3.93. The van der Waals surface area contributed by atoms with Crippen molar-refractivity contribution >= 4 is 28.1 Å². The first kappa shape index (κ1) is 18.4. The van der Waals surface area contributed by atoms with Crippen molar-refractivity contribution in [3.63, 3.8) is 0 Å². The zero-order valence-corrected chi connectivity index (χ0v) is 17.3. The van der Waals surface area contributed by atoms with E-state index >= 15 is 0 Å². The van der Waals surface area contributed by atoms with E-state index in [9.17, 15) is 0 Å². The molecule has 150 valence electrons. The molecule has 0 atom stereocenters. The molecule has 2 aromatic carbocycles. The average molecular weight is 397 g/mol. The number of aromatic nitrogens is 3. The van der Waals surface area contributed by atoms with Gasteiger partial charge in [0.2, 0.25) is 0 Å². The lowest BCUT2D eigenvalue weighted by atomic mass is 10.1. The number of pyridine rings is 1.